The number of benzene rings is 1. The van der Waals surface area contributed by atoms with Crippen LogP contribution in [0.1, 0.15) is 56.7 Å². The fourth-order valence-corrected chi connectivity index (χ4v) is 4.80. The highest BCUT2D eigenvalue weighted by molar-refractivity contribution is 7.10. The molecule has 2 amide bonds. The molecule has 5 nitrogen and oxygen atoms in total. The lowest BCUT2D eigenvalue weighted by molar-refractivity contribution is -0.148. The van der Waals surface area contributed by atoms with Crippen LogP contribution in [0.25, 0.3) is 0 Å². The van der Waals surface area contributed by atoms with Crippen LogP contribution in [0, 0.1) is 12.8 Å². The first kappa shape index (κ1) is 23.3. The van der Waals surface area contributed by atoms with Crippen molar-refractivity contribution in [3.8, 4) is 5.75 Å². The van der Waals surface area contributed by atoms with Gasteiger partial charge in [-0.05, 0) is 63.3 Å². The first-order valence-corrected chi connectivity index (χ1v) is 11.8. The van der Waals surface area contributed by atoms with E-state index in [1.165, 1.54) is 10.4 Å². The SMILES string of the molecule is Cc1ccc(OC[C@H]2c3ccsc3CCN2C(=O)CN(C(=O)C(C)C)C(C)(C)C)cc1. The van der Waals surface area contributed by atoms with Crippen LogP contribution in [0.2, 0.25) is 0 Å². The zero-order valence-corrected chi connectivity index (χ0v) is 20.3. The molecule has 0 aliphatic carbocycles. The van der Waals surface area contributed by atoms with E-state index >= 15 is 0 Å². The third-order valence-electron chi connectivity index (χ3n) is 5.71. The fraction of sp³-hybridized carbons (Fsp3) is 0.520. The van der Waals surface area contributed by atoms with Crippen LogP contribution in [0.15, 0.2) is 35.7 Å². The van der Waals surface area contributed by atoms with Gasteiger partial charge in [0.25, 0.3) is 0 Å². The highest BCUT2D eigenvalue weighted by Crippen LogP contribution is 2.34. The summed E-state index contributed by atoms with van der Waals surface area (Å²) >= 11 is 1.74. The van der Waals surface area contributed by atoms with Gasteiger partial charge in [-0.2, -0.15) is 0 Å². The maximum Gasteiger partial charge on any atom is 0.242 e. The monoisotopic (exact) mass is 442 g/mol. The lowest BCUT2D eigenvalue weighted by Crippen LogP contribution is -2.54. The molecule has 1 aromatic heterocycles. The Morgan fingerprint density at radius 3 is 2.48 bits per heavy atom. The van der Waals surface area contributed by atoms with Crippen molar-refractivity contribution in [1.82, 2.24) is 9.80 Å². The van der Waals surface area contributed by atoms with Crippen molar-refractivity contribution in [3.05, 3.63) is 51.7 Å². The van der Waals surface area contributed by atoms with Gasteiger partial charge < -0.3 is 14.5 Å². The minimum Gasteiger partial charge on any atom is -0.491 e. The minimum atomic E-state index is -0.422. The van der Waals surface area contributed by atoms with Crippen LogP contribution in [0.4, 0.5) is 0 Å². The largest absolute Gasteiger partial charge is 0.491 e. The van der Waals surface area contributed by atoms with Gasteiger partial charge in [0, 0.05) is 22.9 Å². The van der Waals surface area contributed by atoms with Crippen molar-refractivity contribution >= 4 is 23.2 Å². The molecule has 1 aliphatic heterocycles. The third kappa shape index (κ3) is 5.48. The minimum absolute atomic E-state index is 0.00142. The number of aryl methyl sites for hydroxylation is 1. The van der Waals surface area contributed by atoms with E-state index in [1.807, 2.05) is 70.7 Å². The molecule has 1 aromatic carbocycles. The van der Waals surface area contributed by atoms with Gasteiger partial charge in [-0.15, -0.1) is 11.3 Å². The summed E-state index contributed by atoms with van der Waals surface area (Å²) in [7, 11) is 0. The summed E-state index contributed by atoms with van der Waals surface area (Å²) in [6, 6.07) is 9.91. The average Bonchev–Trinajstić information content (AvgIpc) is 3.18. The van der Waals surface area contributed by atoms with Crippen molar-refractivity contribution in [2.24, 2.45) is 5.92 Å². The molecular weight excluding hydrogens is 408 g/mol. The average molecular weight is 443 g/mol. The number of amides is 2. The van der Waals surface area contributed by atoms with Crippen LogP contribution < -0.4 is 4.74 Å². The Labute approximate surface area is 190 Å². The second-order valence-electron chi connectivity index (χ2n) is 9.53. The van der Waals surface area contributed by atoms with Gasteiger partial charge in [0.1, 0.15) is 18.9 Å². The second kappa shape index (κ2) is 9.43. The predicted octanol–water partition coefficient (Wildman–Crippen LogP) is 4.84. The third-order valence-corrected chi connectivity index (χ3v) is 6.70. The molecule has 0 saturated carbocycles. The number of ether oxygens (including phenoxy) is 1. The Hall–Kier alpha value is -2.34. The van der Waals surface area contributed by atoms with Gasteiger partial charge in [-0.1, -0.05) is 31.5 Å². The van der Waals surface area contributed by atoms with Gasteiger partial charge >= 0.3 is 0 Å². The standard InChI is InChI=1S/C25H34N2O3S/c1-17(2)24(29)27(25(4,5)6)15-23(28)26-13-11-22-20(12-14-31-22)21(26)16-30-19-9-7-18(3)8-10-19/h7-10,12,14,17,21H,11,13,15-16H2,1-6H3/t21-/m0/s1. The number of hydrogen-bond donors (Lipinski definition) is 0. The van der Waals surface area contributed by atoms with E-state index in [0.717, 1.165) is 17.7 Å². The van der Waals surface area contributed by atoms with E-state index in [9.17, 15) is 9.59 Å². The summed E-state index contributed by atoms with van der Waals surface area (Å²) in [4.78, 5) is 31.2. The number of rotatable bonds is 6. The zero-order chi connectivity index (χ0) is 22.8. The van der Waals surface area contributed by atoms with Crippen molar-refractivity contribution in [1.29, 1.82) is 0 Å². The number of carbonyl (C=O) groups is 2. The van der Waals surface area contributed by atoms with Gasteiger partial charge in [0.15, 0.2) is 0 Å². The first-order chi connectivity index (χ1) is 14.6. The molecule has 168 valence electrons. The number of hydrogen-bond acceptors (Lipinski definition) is 4. The molecule has 0 radical (unpaired) electrons. The van der Waals surface area contributed by atoms with Gasteiger partial charge in [-0.3, -0.25) is 9.59 Å². The van der Waals surface area contributed by atoms with Crippen LogP contribution in [-0.4, -0.2) is 46.8 Å². The molecule has 0 saturated heterocycles. The molecule has 31 heavy (non-hydrogen) atoms. The molecule has 0 fully saturated rings. The molecule has 2 heterocycles. The lowest BCUT2D eigenvalue weighted by atomic mass is 9.99. The number of fused-ring (bicyclic) bond motifs is 1. The lowest BCUT2D eigenvalue weighted by Gasteiger charge is -2.40. The van der Waals surface area contributed by atoms with Crippen LogP contribution in [0.3, 0.4) is 0 Å². The van der Waals surface area contributed by atoms with Crippen LogP contribution in [0.5, 0.6) is 5.75 Å². The number of nitrogens with zero attached hydrogens (tertiary/aromatic N) is 2. The Bertz CT molecular complexity index is 912. The van der Waals surface area contributed by atoms with Gasteiger partial charge in [-0.25, -0.2) is 0 Å². The Morgan fingerprint density at radius 2 is 1.87 bits per heavy atom. The van der Waals surface area contributed by atoms with E-state index in [0.29, 0.717) is 13.2 Å². The first-order valence-electron chi connectivity index (χ1n) is 10.9. The molecule has 0 unspecified atom stereocenters. The van der Waals surface area contributed by atoms with Crippen molar-refractivity contribution in [3.63, 3.8) is 0 Å². The maximum absolute atomic E-state index is 13.5. The quantitative estimate of drug-likeness (QED) is 0.643. The summed E-state index contributed by atoms with van der Waals surface area (Å²) in [5.41, 5.74) is 1.92. The van der Waals surface area contributed by atoms with Crippen molar-refractivity contribution in [2.75, 3.05) is 19.7 Å². The van der Waals surface area contributed by atoms with E-state index in [4.69, 9.17) is 4.74 Å². The Kier molecular flexibility index (Phi) is 7.10. The molecule has 0 spiro atoms. The number of carbonyl (C=O) groups excluding carboxylic acids is 2. The molecule has 2 aromatic rings. The molecular formula is C25H34N2O3S. The Balaban J connectivity index is 1.80. The highest BCUT2D eigenvalue weighted by Gasteiger charge is 2.36. The van der Waals surface area contributed by atoms with Crippen molar-refractivity contribution < 1.29 is 14.3 Å². The number of thiophene rings is 1. The van der Waals surface area contributed by atoms with E-state index in [1.54, 1.807) is 16.2 Å². The molecule has 3 rings (SSSR count). The normalized spacial score (nSPS) is 16.2. The van der Waals surface area contributed by atoms with Crippen LogP contribution in [-0.2, 0) is 16.0 Å². The molecule has 0 bridgehead atoms. The molecule has 1 atom stereocenters. The van der Waals surface area contributed by atoms with E-state index in [-0.39, 0.29) is 30.3 Å². The van der Waals surface area contributed by atoms with Gasteiger partial charge in [0.05, 0.1) is 6.04 Å². The van der Waals surface area contributed by atoms with E-state index in [2.05, 4.69) is 11.4 Å². The van der Waals surface area contributed by atoms with E-state index < -0.39 is 5.54 Å². The smallest absolute Gasteiger partial charge is 0.242 e. The fourth-order valence-electron chi connectivity index (χ4n) is 3.87. The molecule has 1 aliphatic rings. The summed E-state index contributed by atoms with van der Waals surface area (Å²) < 4.78 is 6.10. The summed E-state index contributed by atoms with van der Waals surface area (Å²) in [6.45, 7) is 12.9. The summed E-state index contributed by atoms with van der Waals surface area (Å²) in [6.07, 6.45) is 0.841. The van der Waals surface area contributed by atoms with Gasteiger partial charge in [0.2, 0.25) is 11.8 Å². The summed E-state index contributed by atoms with van der Waals surface area (Å²) in [5.74, 6) is 0.615. The topological polar surface area (TPSA) is 49.9 Å². The second-order valence-corrected chi connectivity index (χ2v) is 10.5. The predicted molar refractivity (Wildman–Crippen MR) is 125 cm³/mol. The molecule has 6 heteroatoms. The Morgan fingerprint density at radius 1 is 1.19 bits per heavy atom. The maximum atomic E-state index is 13.5. The molecule has 0 N–H and O–H groups in total. The highest BCUT2D eigenvalue weighted by atomic mass is 32.1. The zero-order valence-electron chi connectivity index (χ0n) is 19.5. The summed E-state index contributed by atoms with van der Waals surface area (Å²) in [5, 5.41) is 2.08. The van der Waals surface area contributed by atoms with Crippen LogP contribution >= 0.6 is 11.3 Å². The van der Waals surface area contributed by atoms with Crippen molar-refractivity contribution in [2.45, 2.75) is 59.5 Å².